The first kappa shape index (κ1) is 23.7. The van der Waals surface area contributed by atoms with Crippen molar-refractivity contribution in [3.8, 4) is 11.8 Å². The van der Waals surface area contributed by atoms with Crippen molar-refractivity contribution in [3.63, 3.8) is 0 Å². The Labute approximate surface area is 199 Å². The third kappa shape index (κ3) is 6.28. The van der Waals surface area contributed by atoms with Crippen molar-refractivity contribution in [2.24, 2.45) is 0 Å². The first-order valence-corrected chi connectivity index (χ1v) is 10.7. The Morgan fingerprint density at radius 3 is 2.64 bits per heavy atom. The summed E-state index contributed by atoms with van der Waals surface area (Å²) in [6, 6.07) is 18.8. The molecule has 0 saturated heterocycles. The first-order chi connectivity index (χ1) is 15.8. The topological polar surface area (TPSA) is 105 Å². The van der Waals surface area contributed by atoms with Gasteiger partial charge in [0.25, 0.3) is 11.6 Å². The predicted molar refractivity (Wildman–Crippen MR) is 130 cm³/mol. The van der Waals surface area contributed by atoms with Gasteiger partial charge in [0.1, 0.15) is 24.0 Å². The molecule has 33 heavy (non-hydrogen) atoms. The number of nitrogens with zero attached hydrogens (tertiary/aromatic N) is 2. The summed E-state index contributed by atoms with van der Waals surface area (Å²) in [6.07, 6.45) is 1.45. The molecule has 1 amide bonds. The highest BCUT2D eigenvalue weighted by Crippen LogP contribution is 2.27. The number of ether oxygens (including phenoxy) is 1. The van der Waals surface area contributed by atoms with Crippen LogP contribution >= 0.6 is 15.9 Å². The highest BCUT2D eigenvalue weighted by molar-refractivity contribution is 9.10. The molecule has 0 spiro atoms. The summed E-state index contributed by atoms with van der Waals surface area (Å²) >= 11 is 3.39. The maximum atomic E-state index is 12.7. The molecule has 1 N–H and O–H groups in total. The van der Waals surface area contributed by atoms with Crippen LogP contribution in [0.1, 0.15) is 22.3 Å². The van der Waals surface area contributed by atoms with Crippen molar-refractivity contribution >= 4 is 39.3 Å². The molecule has 3 aromatic carbocycles. The molecule has 3 rings (SSSR count). The number of nitro benzene ring substituents is 1. The van der Waals surface area contributed by atoms with Crippen molar-refractivity contribution in [1.29, 1.82) is 5.26 Å². The summed E-state index contributed by atoms with van der Waals surface area (Å²) in [5.74, 6) is -0.109. The number of carbonyl (C=O) groups excluding carboxylic acids is 1. The average Bonchev–Trinajstić information content (AvgIpc) is 2.79. The lowest BCUT2D eigenvalue weighted by atomic mass is 10.1. The monoisotopic (exact) mass is 505 g/mol. The van der Waals surface area contributed by atoms with E-state index in [1.54, 1.807) is 36.4 Å². The highest BCUT2D eigenvalue weighted by Gasteiger charge is 2.13. The van der Waals surface area contributed by atoms with Crippen LogP contribution in [0, 0.1) is 35.3 Å². The van der Waals surface area contributed by atoms with Crippen LogP contribution < -0.4 is 10.1 Å². The first-order valence-electron chi connectivity index (χ1n) is 9.93. The standard InChI is InChI=1S/C25H20BrN3O4/c1-16-6-8-22(10-17(16)2)28-25(30)20(14-27)12-19-13-21(26)7-9-24(19)33-15-18-4-3-5-23(11-18)29(31)32/h3-13H,15H2,1-2H3,(H,28,30)/b20-12+. The Morgan fingerprint density at radius 2 is 1.94 bits per heavy atom. The SMILES string of the molecule is Cc1ccc(NC(=O)/C(C#N)=C/c2cc(Br)ccc2OCc2cccc([N+](=O)[O-])c2)cc1C. The number of hydrogen-bond donors (Lipinski definition) is 1. The minimum atomic E-state index is -0.537. The van der Waals surface area contributed by atoms with Crippen LogP contribution in [0.2, 0.25) is 0 Å². The molecule has 0 unspecified atom stereocenters. The zero-order valence-corrected chi connectivity index (χ0v) is 19.5. The molecule has 0 atom stereocenters. The third-order valence-electron chi connectivity index (χ3n) is 4.92. The van der Waals surface area contributed by atoms with Gasteiger partial charge < -0.3 is 10.1 Å². The van der Waals surface area contributed by atoms with Crippen LogP contribution in [0.5, 0.6) is 5.75 Å². The van der Waals surface area contributed by atoms with Crippen molar-refractivity contribution in [1.82, 2.24) is 0 Å². The lowest BCUT2D eigenvalue weighted by molar-refractivity contribution is -0.384. The number of halogens is 1. The lowest BCUT2D eigenvalue weighted by Gasteiger charge is -2.11. The van der Waals surface area contributed by atoms with E-state index in [9.17, 15) is 20.2 Å². The van der Waals surface area contributed by atoms with Gasteiger partial charge in [0.05, 0.1) is 4.92 Å². The van der Waals surface area contributed by atoms with Crippen LogP contribution in [-0.2, 0) is 11.4 Å². The highest BCUT2D eigenvalue weighted by atomic mass is 79.9. The Kier molecular flexibility index (Phi) is 7.59. The van der Waals surface area contributed by atoms with Gasteiger partial charge in [-0.15, -0.1) is 0 Å². The van der Waals surface area contributed by atoms with Crippen molar-refractivity contribution in [2.45, 2.75) is 20.5 Å². The van der Waals surface area contributed by atoms with E-state index in [2.05, 4.69) is 21.2 Å². The summed E-state index contributed by atoms with van der Waals surface area (Å²) in [5.41, 5.74) is 3.74. The van der Waals surface area contributed by atoms with Gasteiger partial charge in [-0.3, -0.25) is 14.9 Å². The van der Waals surface area contributed by atoms with E-state index in [1.807, 2.05) is 32.0 Å². The van der Waals surface area contributed by atoms with Crippen LogP contribution in [-0.4, -0.2) is 10.8 Å². The van der Waals surface area contributed by atoms with E-state index in [4.69, 9.17) is 4.74 Å². The molecular formula is C25H20BrN3O4. The second-order valence-electron chi connectivity index (χ2n) is 7.32. The number of carbonyl (C=O) groups is 1. The second-order valence-corrected chi connectivity index (χ2v) is 8.24. The van der Waals surface area contributed by atoms with Gasteiger partial charge in [-0.1, -0.05) is 34.1 Å². The number of rotatable bonds is 7. The molecule has 0 heterocycles. The zero-order chi connectivity index (χ0) is 24.0. The molecule has 7 nitrogen and oxygen atoms in total. The van der Waals surface area contributed by atoms with E-state index in [0.29, 0.717) is 22.6 Å². The van der Waals surface area contributed by atoms with E-state index in [-0.39, 0.29) is 17.9 Å². The van der Waals surface area contributed by atoms with Crippen molar-refractivity contribution in [2.75, 3.05) is 5.32 Å². The summed E-state index contributed by atoms with van der Waals surface area (Å²) in [6.45, 7) is 4.00. The minimum Gasteiger partial charge on any atom is -0.488 e. The third-order valence-corrected chi connectivity index (χ3v) is 5.41. The van der Waals surface area contributed by atoms with E-state index in [1.165, 1.54) is 18.2 Å². The number of hydrogen-bond acceptors (Lipinski definition) is 5. The predicted octanol–water partition coefficient (Wildman–Crippen LogP) is 6.10. The number of nitro groups is 1. The van der Waals surface area contributed by atoms with E-state index in [0.717, 1.165) is 15.6 Å². The maximum Gasteiger partial charge on any atom is 0.269 e. The molecule has 166 valence electrons. The number of amides is 1. The quantitative estimate of drug-likeness (QED) is 0.181. The van der Waals surface area contributed by atoms with Crippen LogP contribution in [0.4, 0.5) is 11.4 Å². The van der Waals surface area contributed by atoms with Crippen LogP contribution in [0.15, 0.2) is 70.7 Å². The smallest absolute Gasteiger partial charge is 0.269 e. The molecule has 0 aliphatic rings. The lowest BCUT2D eigenvalue weighted by Crippen LogP contribution is -2.13. The maximum absolute atomic E-state index is 12.7. The van der Waals surface area contributed by atoms with Gasteiger partial charge >= 0.3 is 0 Å². The van der Waals surface area contributed by atoms with Crippen LogP contribution in [0.25, 0.3) is 6.08 Å². The Morgan fingerprint density at radius 1 is 1.15 bits per heavy atom. The molecule has 0 aromatic heterocycles. The zero-order valence-electron chi connectivity index (χ0n) is 18.0. The molecule has 0 fully saturated rings. The minimum absolute atomic E-state index is 0.0261. The molecule has 3 aromatic rings. The second kappa shape index (κ2) is 10.6. The number of benzene rings is 3. The Bertz CT molecular complexity index is 1300. The summed E-state index contributed by atoms with van der Waals surface area (Å²) in [7, 11) is 0. The molecular weight excluding hydrogens is 486 g/mol. The van der Waals surface area contributed by atoms with Crippen molar-refractivity contribution < 1.29 is 14.5 Å². The molecule has 0 aliphatic heterocycles. The summed E-state index contributed by atoms with van der Waals surface area (Å²) in [5, 5.41) is 23.3. The van der Waals surface area contributed by atoms with Gasteiger partial charge in [0, 0.05) is 27.9 Å². The fourth-order valence-corrected chi connectivity index (χ4v) is 3.38. The number of anilines is 1. The van der Waals surface area contributed by atoms with Crippen molar-refractivity contribution in [3.05, 3.63) is 103 Å². The number of nitrogens with one attached hydrogen (secondary N) is 1. The number of nitriles is 1. The fourth-order valence-electron chi connectivity index (χ4n) is 3.01. The van der Waals surface area contributed by atoms with E-state index < -0.39 is 10.8 Å². The molecule has 0 radical (unpaired) electrons. The van der Waals surface area contributed by atoms with Crippen LogP contribution in [0.3, 0.4) is 0 Å². The fraction of sp³-hybridized carbons (Fsp3) is 0.120. The van der Waals surface area contributed by atoms with Gasteiger partial charge in [0.15, 0.2) is 0 Å². The van der Waals surface area contributed by atoms with Gasteiger partial charge in [0.2, 0.25) is 0 Å². The molecule has 0 bridgehead atoms. The Hall–Kier alpha value is -3.96. The summed E-state index contributed by atoms with van der Waals surface area (Å²) < 4.78 is 6.60. The van der Waals surface area contributed by atoms with Gasteiger partial charge in [-0.2, -0.15) is 5.26 Å². The largest absolute Gasteiger partial charge is 0.488 e. The summed E-state index contributed by atoms with van der Waals surface area (Å²) in [4.78, 5) is 23.2. The Balaban J connectivity index is 1.83. The van der Waals surface area contributed by atoms with Gasteiger partial charge in [-0.25, -0.2) is 0 Å². The number of non-ortho nitro benzene ring substituents is 1. The average molecular weight is 506 g/mol. The molecule has 0 aliphatic carbocycles. The molecule has 0 saturated carbocycles. The molecule has 8 heteroatoms. The van der Waals surface area contributed by atoms with Gasteiger partial charge in [-0.05, 0) is 66.9 Å². The normalized spacial score (nSPS) is 10.9. The van der Waals surface area contributed by atoms with E-state index >= 15 is 0 Å². The number of aryl methyl sites for hydroxylation is 2.